The van der Waals surface area contributed by atoms with Gasteiger partial charge in [0.2, 0.25) is 29.5 Å². The second-order valence-corrected chi connectivity index (χ2v) is 26.1. The van der Waals surface area contributed by atoms with E-state index in [1.54, 1.807) is 0 Å². The summed E-state index contributed by atoms with van der Waals surface area (Å²) in [6.45, 7) is -3.83. The number of aliphatic hydroxyl groups excluding tert-OH is 21. The van der Waals surface area contributed by atoms with Crippen LogP contribution in [-0.2, 0) is 95.0 Å². The molecule has 0 aliphatic carbocycles. The van der Waals surface area contributed by atoms with Crippen LogP contribution >= 0.6 is 0 Å². The van der Waals surface area contributed by atoms with Crippen LogP contribution in [0.2, 0.25) is 0 Å². The van der Waals surface area contributed by atoms with E-state index in [1.165, 1.54) is 0 Å². The Morgan fingerprint density at radius 3 is 0.923 bits per heavy atom. The summed E-state index contributed by atoms with van der Waals surface area (Å²) in [5.41, 5.74) is 0. The van der Waals surface area contributed by atoms with E-state index >= 15 is 0 Å². The van der Waals surface area contributed by atoms with E-state index in [-0.39, 0.29) is 0 Å². The van der Waals surface area contributed by atoms with Crippen molar-refractivity contribution in [3.8, 4) is 0 Å². The zero-order valence-electron chi connectivity index (χ0n) is 56.3. The average molecular weight is 1520 g/mol. The van der Waals surface area contributed by atoms with Crippen LogP contribution in [0.4, 0.5) is 0 Å². The third kappa shape index (κ3) is 19.4. The van der Waals surface area contributed by atoms with Gasteiger partial charge in [-0.15, -0.1) is 0 Å². The van der Waals surface area contributed by atoms with Gasteiger partial charge in [-0.3, -0.25) is 24.0 Å². The summed E-state index contributed by atoms with van der Waals surface area (Å²) in [5, 5.41) is 246. The standard InChI is InChI=1S/C58H97N5O41/c1-14(70)59-27-42(85)46(24(11-69)92-51(27)89)100-56-45(88)48(102-58-50(43(86)36(79)23(10-68)97-58)104-55-31(63-18(5)74)41(84)35(78)22(9-67)96-55)47(101-53-29(61-16(3)72)39(82)33(76)20(7-65)94-53)26(99-56)13-91-57-49(103-54-30(62-17(4)73)40(83)34(77)21(8-66)95-54)44(87)37(80)25(98-57)12-90-52-28(60-15(2)71)38(81)32(75)19(6-64)93-52/h19-58,64-69,75-89H,6-13H2,1-5H3,(H,59,70)(H,60,71)(H,61,72)(H,62,73)(H,63,74)/t19-,20-,21-,22-,23-,24-,25-,26-,27-,28-,29-,30-,31-,32-,33-,34-,35-,36-,37-,38-,39-,40-,41-,42-,43+,44+,45+,46-,47-,48-,49+,50+,51?,52-,53+,54+,55+,56+,57+,58-/m1/s1. The molecule has 8 fully saturated rings. The van der Waals surface area contributed by atoms with Gasteiger partial charge in [-0.2, -0.15) is 0 Å². The van der Waals surface area contributed by atoms with Gasteiger partial charge in [0.05, 0.1) is 52.9 Å². The third-order valence-electron chi connectivity index (χ3n) is 18.6. The number of nitrogens with one attached hydrogen (secondary N) is 5. The van der Waals surface area contributed by atoms with Crippen molar-refractivity contribution in [1.82, 2.24) is 26.6 Å². The van der Waals surface area contributed by atoms with Crippen molar-refractivity contribution in [2.24, 2.45) is 0 Å². The Balaban J connectivity index is 1.28. The first-order chi connectivity index (χ1) is 49.1. The van der Waals surface area contributed by atoms with Crippen LogP contribution in [0, 0.1) is 0 Å². The minimum atomic E-state index is -2.61. The highest BCUT2D eigenvalue weighted by molar-refractivity contribution is 5.75. The molecule has 26 N–H and O–H groups in total. The fraction of sp³-hybridized carbons (Fsp3) is 0.914. The topological polar surface area (TPSA) is 709 Å². The monoisotopic (exact) mass is 1520 g/mol. The first kappa shape index (κ1) is 85.5. The van der Waals surface area contributed by atoms with Crippen LogP contribution < -0.4 is 26.6 Å². The first-order valence-corrected chi connectivity index (χ1v) is 33.1. The van der Waals surface area contributed by atoms with Gasteiger partial charge in [-0.05, 0) is 0 Å². The molecule has 0 radical (unpaired) electrons. The average Bonchev–Trinajstić information content (AvgIpc) is 0.765. The Hall–Kier alpha value is -4.09. The molecular weight excluding hydrogens is 1420 g/mol. The number of aliphatic hydroxyl groups is 21. The molecule has 0 saturated carbocycles. The van der Waals surface area contributed by atoms with Crippen molar-refractivity contribution in [3.05, 3.63) is 0 Å². The Bertz CT molecular complexity index is 2770. The molecule has 0 bridgehead atoms. The van der Waals surface area contributed by atoms with Gasteiger partial charge >= 0.3 is 0 Å². The molecule has 0 aromatic carbocycles. The number of hydrogen-bond donors (Lipinski definition) is 26. The second-order valence-electron chi connectivity index (χ2n) is 26.1. The highest BCUT2D eigenvalue weighted by atomic mass is 16.8. The zero-order chi connectivity index (χ0) is 76.8. The lowest BCUT2D eigenvalue weighted by atomic mass is 9.94. The zero-order valence-corrected chi connectivity index (χ0v) is 56.3. The lowest BCUT2D eigenvalue weighted by molar-refractivity contribution is -0.406. The van der Waals surface area contributed by atoms with Gasteiger partial charge in [0.1, 0.15) is 195 Å². The molecule has 0 spiro atoms. The summed E-state index contributed by atoms with van der Waals surface area (Å²) >= 11 is 0. The Morgan fingerprint density at radius 1 is 0.250 bits per heavy atom. The number of rotatable bonds is 27. The van der Waals surface area contributed by atoms with E-state index in [1.807, 2.05) is 0 Å². The Labute approximate surface area is 589 Å². The summed E-state index contributed by atoms with van der Waals surface area (Å²) in [6, 6.07) is -9.04. The van der Waals surface area contributed by atoms with E-state index < -0.39 is 328 Å². The highest BCUT2D eigenvalue weighted by Gasteiger charge is 2.60. The maximum absolute atomic E-state index is 13.0. The quantitative estimate of drug-likeness (QED) is 0.0363. The van der Waals surface area contributed by atoms with E-state index in [9.17, 15) is 131 Å². The maximum Gasteiger partial charge on any atom is 0.217 e. The van der Waals surface area contributed by atoms with Crippen molar-refractivity contribution in [3.63, 3.8) is 0 Å². The Kier molecular flexibility index (Phi) is 30.9. The Morgan fingerprint density at radius 2 is 0.529 bits per heavy atom. The molecule has 5 amide bonds. The van der Waals surface area contributed by atoms with Gasteiger partial charge in [0.25, 0.3) is 0 Å². The molecule has 600 valence electrons. The highest BCUT2D eigenvalue weighted by Crippen LogP contribution is 2.40. The van der Waals surface area contributed by atoms with E-state index in [0.29, 0.717) is 0 Å². The van der Waals surface area contributed by atoms with Gasteiger partial charge < -0.3 is 205 Å². The molecule has 8 aliphatic rings. The van der Waals surface area contributed by atoms with E-state index in [2.05, 4.69) is 26.6 Å². The molecule has 40 atom stereocenters. The minimum Gasteiger partial charge on any atom is -0.394 e. The van der Waals surface area contributed by atoms with Crippen LogP contribution in [0.1, 0.15) is 34.6 Å². The van der Waals surface area contributed by atoms with Crippen molar-refractivity contribution >= 4 is 29.5 Å². The van der Waals surface area contributed by atoms with Crippen LogP contribution in [0.25, 0.3) is 0 Å². The number of carbonyl (C=O) groups is 5. The van der Waals surface area contributed by atoms with Crippen molar-refractivity contribution in [1.29, 1.82) is 0 Å². The van der Waals surface area contributed by atoms with Crippen LogP contribution in [0.3, 0.4) is 0 Å². The molecule has 8 saturated heterocycles. The summed E-state index contributed by atoms with van der Waals surface area (Å²) in [6.07, 6.45) is -73.8. The molecular formula is C58H97N5O41. The molecule has 8 rings (SSSR count). The largest absolute Gasteiger partial charge is 0.394 e. The fourth-order valence-electron chi connectivity index (χ4n) is 13.3. The van der Waals surface area contributed by atoms with Gasteiger partial charge in [0.15, 0.2) is 50.3 Å². The number of carbonyl (C=O) groups excluding carboxylic acids is 5. The molecule has 46 heteroatoms. The number of ether oxygens (including phenoxy) is 15. The molecule has 0 aromatic rings. The third-order valence-corrected chi connectivity index (χ3v) is 18.6. The molecule has 46 nitrogen and oxygen atoms in total. The number of amides is 5. The van der Waals surface area contributed by atoms with Gasteiger partial charge in [-0.25, -0.2) is 0 Å². The lowest BCUT2D eigenvalue weighted by Crippen LogP contribution is -2.71. The molecule has 0 aromatic heterocycles. The first-order valence-electron chi connectivity index (χ1n) is 33.1. The number of hydrogen-bond acceptors (Lipinski definition) is 41. The summed E-state index contributed by atoms with van der Waals surface area (Å²) < 4.78 is 91.3. The van der Waals surface area contributed by atoms with Crippen LogP contribution in [-0.4, -0.2) is 435 Å². The predicted molar refractivity (Wildman–Crippen MR) is 322 cm³/mol. The van der Waals surface area contributed by atoms with Crippen LogP contribution in [0.15, 0.2) is 0 Å². The van der Waals surface area contributed by atoms with Crippen molar-refractivity contribution in [2.45, 2.75) is 280 Å². The smallest absolute Gasteiger partial charge is 0.217 e. The summed E-state index contributed by atoms with van der Waals surface area (Å²) in [4.78, 5) is 63.1. The molecule has 104 heavy (non-hydrogen) atoms. The van der Waals surface area contributed by atoms with E-state index in [4.69, 9.17) is 71.1 Å². The van der Waals surface area contributed by atoms with Crippen molar-refractivity contribution in [2.75, 3.05) is 52.9 Å². The van der Waals surface area contributed by atoms with Gasteiger partial charge in [0, 0.05) is 34.6 Å². The SMILES string of the molecule is CC(=O)N[C@H]1[C@H](OC[C@H]2O[C@H](OC[C@H]3O[C@@H](O[C@H]4[C@H](O)[C@@H](NC(C)=O)C(O)O[C@@H]4CO)[C@@H](O)[C@@H](O[C@H]4O[C@H](CO)[C@@H](O)[C@H](O)[C@@H]4O[C@@H]4O[C@H](CO)[C@@H](O)[C@H](O)[C@H]4NC(C)=O)[C@@H]3O[C@@H]3O[C@H](CO)[C@@H](O)[C@H](O)[C@H]3NC(C)=O)[C@@H](O[C@@H]3O[C@H](CO)[C@@H](O)[C@H](O)[C@H]3NC(C)=O)[C@@H](O)[C@@H]2O)O[C@H](CO)[C@@H](O)[C@@H]1O. The fourth-order valence-corrected chi connectivity index (χ4v) is 13.3. The molecule has 8 heterocycles. The minimum absolute atomic E-state index is 0.801. The summed E-state index contributed by atoms with van der Waals surface area (Å²) in [5.74, 6) is -4.40. The van der Waals surface area contributed by atoms with Crippen molar-refractivity contribution < 1.29 is 202 Å². The normalized spacial score (nSPS) is 47.2. The maximum atomic E-state index is 13.0. The van der Waals surface area contributed by atoms with E-state index in [0.717, 1.165) is 34.6 Å². The second kappa shape index (κ2) is 37.5. The molecule has 1 unspecified atom stereocenters. The molecule has 8 aliphatic heterocycles. The predicted octanol–water partition coefficient (Wildman–Crippen LogP) is -17.7. The summed E-state index contributed by atoms with van der Waals surface area (Å²) in [7, 11) is 0. The lowest BCUT2D eigenvalue weighted by Gasteiger charge is -2.52. The van der Waals surface area contributed by atoms with Crippen LogP contribution in [0.5, 0.6) is 0 Å². The van der Waals surface area contributed by atoms with Gasteiger partial charge in [-0.1, -0.05) is 0 Å².